The lowest BCUT2D eigenvalue weighted by molar-refractivity contribution is 0.518. The fourth-order valence-corrected chi connectivity index (χ4v) is 5.18. The Kier molecular flexibility index (Phi) is 4.28. The first kappa shape index (κ1) is 16.7. The van der Waals surface area contributed by atoms with E-state index in [1.54, 1.807) is 23.9 Å². The molecule has 1 aliphatic rings. The number of hydrogen-bond donors (Lipinski definition) is 1. The lowest BCUT2D eigenvalue weighted by atomic mass is 10.0. The fourth-order valence-electron chi connectivity index (χ4n) is 4.04. The third-order valence-corrected chi connectivity index (χ3v) is 6.41. The van der Waals surface area contributed by atoms with Crippen LogP contribution in [0.1, 0.15) is 48.8 Å². The minimum atomic E-state index is 0.612. The topological polar surface area (TPSA) is 63.8 Å². The van der Waals surface area contributed by atoms with E-state index < -0.39 is 0 Å². The highest BCUT2D eigenvalue weighted by atomic mass is 32.1. The van der Waals surface area contributed by atoms with Crippen LogP contribution in [-0.4, -0.2) is 15.0 Å². The van der Waals surface area contributed by atoms with Gasteiger partial charge in [0.2, 0.25) is 0 Å². The molecule has 5 rings (SSSR count). The minimum absolute atomic E-state index is 0.612. The van der Waals surface area contributed by atoms with E-state index in [2.05, 4.69) is 22.2 Å². The zero-order valence-corrected chi connectivity index (χ0v) is 16.2. The van der Waals surface area contributed by atoms with Gasteiger partial charge in [-0.1, -0.05) is 13.3 Å². The van der Waals surface area contributed by atoms with Crippen molar-refractivity contribution in [1.82, 2.24) is 15.0 Å². The van der Waals surface area contributed by atoms with Crippen LogP contribution in [0.5, 0.6) is 0 Å². The van der Waals surface area contributed by atoms with Gasteiger partial charge in [0.1, 0.15) is 22.7 Å². The molecular formula is C21H22N4OS. The van der Waals surface area contributed by atoms with Crippen molar-refractivity contribution < 1.29 is 4.42 Å². The van der Waals surface area contributed by atoms with Crippen LogP contribution in [0.25, 0.3) is 20.4 Å². The number of unbranched alkanes of at least 4 members (excludes halogenated alkanes) is 1. The third kappa shape index (κ3) is 2.88. The highest BCUT2D eigenvalue weighted by molar-refractivity contribution is 7.26. The predicted molar refractivity (Wildman–Crippen MR) is 109 cm³/mol. The van der Waals surface area contributed by atoms with Crippen molar-refractivity contribution in [3.05, 3.63) is 47.3 Å². The van der Waals surface area contributed by atoms with Gasteiger partial charge in [0.15, 0.2) is 0 Å². The molecule has 5 nitrogen and oxygen atoms in total. The molecule has 0 unspecified atom stereocenters. The summed E-state index contributed by atoms with van der Waals surface area (Å²) in [4.78, 5) is 15.3. The van der Waals surface area contributed by atoms with Gasteiger partial charge in [-0.05, 0) is 55.4 Å². The van der Waals surface area contributed by atoms with Crippen molar-refractivity contribution in [2.24, 2.45) is 0 Å². The van der Waals surface area contributed by atoms with Crippen LogP contribution in [0.15, 0.2) is 29.1 Å². The maximum atomic E-state index is 5.43. The molecule has 0 saturated heterocycles. The van der Waals surface area contributed by atoms with Crippen LogP contribution in [0.2, 0.25) is 0 Å². The summed E-state index contributed by atoms with van der Waals surface area (Å²) < 4.78 is 6.52. The molecule has 1 N–H and O–H groups in total. The molecule has 0 aromatic carbocycles. The molecule has 6 heteroatoms. The number of pyridine rings is 1. The van der Waals surface area contributed by atoms with Crippen LogP contribution >= 0.6 is 11.3 Å². The van der Waals surface area contributed by atoms with Crippen molar-refractivity contribution in [1.29, 1.82) is 0 Å². The summed E-state index contributed by atoms with van der Waals surface area (Å²) in [6.07, 6.45) is 10.3. The van der Waals surface area contributed by atoms with Crippen molar-refractivity contribution in [3.8, 4) is 0 Å². The van der Waals surface area contributed by atoms with Gasteiger partial charge in [0.05, 0.1) is 23.0 Å². The van der Waals surface area contributed by atoms with Crippen LogP contribution in [0.3, 0.4) is 0 Å². The summed E-state index contributed by atoms with van der Waals surface area (Å²) in [5.41, 5.74) is 5.31. The standard InChI is InChI=1S/C21H22N4OS/c1-2-3-9-16-14-7-4-8-15(14)17-18-19(27-21(17)25-16)20(24-12-23-18)22-11-13-6-5-10-26-13/h5-6,10,12H,2-4,7-9,11H2,1H3,(H,22,23,24). The van der Waals surface area contributed by atoms with E-state index in [-0.39, 0.29) is 0 Å². The molecule has 4 aromatic heterocycles. The Morgan fingerprint density at radius 1 is 1.22 bits per heavy atom. The smallest absolute Gasteiger partial charge is 0.147 e. The Labute approximate surface area is 161 Å². The Morgan fingerprint density at radius 2 is 2.15 bits per heavy atom. The minimum Gasteiger partial charge on any atom is -0.467 e. The maximum absolute atomic E-state index is 5.43. The van der Waals surface area contributed by atoms with Crippen LogP contribution in [-0.2, 0) is 25.8 Å². The van der Waals surface area contributed by atoms with Crippen molar-refractivity contribution in [2.75, 3.05) is 5.32 Å². The van der Waals surface area contributed by atoms with Gasteiger partial charge < -0.3 is 9.73 Å². The largest absolute Gasteiger partial charge is 0.467 e. The molecule has 0 bridgehead atoms. The number of furan rings is 1. The maximum Gasteiger partial charge on any atom is 0.147 e. The highest BCUT2D eigenvalue weighted by Gasteiger charge is 2.24. The second kappa shape index (κ2) is 6.93. The van der Waals surface area contributed by atoms with Gasteiger partial charge in [0, 0.05) is 11.1 Å². The summed E-state index contributed by atoms with van der Waals surface area (Å²) in [6.45, 7) is 2.85. The number of aryl methyl sites for hydroxylation is 2. The highest BCUT2D eigenvalue weighted by Crippen LogP contribution is 2.41. The molecule has 4 heterocycles. The second-order valence-electron chi connectivity index (χ2n) is 7.09. The van der Waals surface area contributed by atoms with E-state index in [1.807, 2.05) is 12.1 Å². The Morgan fingerprint density at radius 3 is 3.00 bits per heavy atom. The van der Waals surface area contributed by atoms with Gasteiger partial charge in [-0.3, -0.25) is 0 Å². The summed E-state index contributed by atoms with van der Waals surface area (Å²) in [7, 11) is 0. The monoisotopic (exact) mass is 378 g/mol. The zero-order valence-electron chi connectivity index (χ0n) is 15.4. The van der Waals surface area contributed by atoms with E-state index in [9.17, 15) is 0 Å². The molecule has 138 valence electrons. The fraction of sp³-hybridized carbons (Fsp3) is 0.381. The second-order valence-corrected chi connectivity index (χ2v) is 8.09. The summed E-state index contributed by atoms with van der Waals surface area (Å²) in [6, 6.07) is 3.86. The SMILES string of the molecule is CCCCc1nc2sc3c(NCc4ccco4)ncnc3c2c2c1CCC2. The number of nitrogens with zero attached hydrogens (tertiary/aromatic N) is 3. The van der Waals surface area contributed by atoms with E-state index in [4.69, 9.17) is 9.40 Å². The van der Waals surface area contributed by atoms with Crippen molar-refractivity contribution in [2.45, 2.75) is 52.0 Å². The Hall–Kier alpha value is -2.47. The number of nitrogens with one attached hydrogen (secondary N) is 1. The predicted octanol–water partition coefficient (Wildman–Crippen LogP) is 5.28. The van der Waals surface area contributed by atoms with Crippen molar-refractivity contribution in [3.63, 3.8) is 0 Å². The quantitative estimate of drug-likeness (QED) is 0.495. The molecule has 0 spiro atoms. The molecule has 0 fully saturated rings. The average Bonchev–Trinajstić information content (AvgIpc) is 3.42. The van der Waals surface area contributed by atoms with Gasteiger partial charge in [0.25, 0.3) is 0 Å². The lowest BCUT2D eigenvalue weighted by Crippen LogP contribution is -2.01. The number of aromatic nitrogens is 3. The van der Waals surface area contributed by atoms with Gasteiger partial charge in [-0.15, -0.1) is 11.3 Å². The molecule has 0 atom stereocenters. The number of thiophene rings is 1. The summed E-state index contributed by atoms with van der Waals surface area (Å²) in [5, 5.41) is 4.66. The molecular weight excluding hydrogens is 356 g/mol. The number of fused-ring (bicyclic) bond motifs is 5. The third-order valence-electron chi connectivity index (χ3n) is 5.33. The van der Waals surface area contributed by atoms with E-state index in [1.165, 1.54) is 41.5 Å². The number of rotatable bonds is 6. The summed E-state index contributed by atoms with van der Waals surface area (Å²) >= 11 is 1.71. The molecule has 0 amide bonds. The first-order valence-electron chi connectivity index (χ1n) is 9.69. The van der Waals surface area contributed by atoms with Crippen molar-refractivity contribution >= 4 is 37.6 Å². The molecule has 0 saturated carbocycles. The Bertz CT molecular complexity index is 1100. The van der Waals surface area contributed by atoms with Gasteiger partial charge in [-0.25, -0.2) is 15.0 Å². The van der Waals surface area contributed by atoms with Crippen LogP contribution in [0.4, 0.5) is 5.82 Å². The molecule has 4 aromatic rings. The molecule has 27 heavy (non-hydrogen) atoms. The van der Waals surface area contributed by atoms with Gasteiger partial charge in [-0.2, -0.15) is 0 Å². The first-order valence-corrected chi connectivity index (χ1v) is 10.5. The lowest BCUT2D eigenvalue weighted by Gasteiger charge is -2.08. The summed E-state index contributed by atoms with van der Waals surface area (Å²) in [5.74, 6) is 1.75. The number of hydrogen-bond acceptors (Lipinski definition) is 6. The molecule has 1 aliphatic carbocycles. The zero-order chi connectivity index (χ0) is 18.2. The van der Waals surface area contributed by atoms with Gasteiger partial charge >= 0.3 is 0 Å². The average molecular weight is 379 g/mol. The van der Waals surface area contributed by atoms with Crippen LogP contribution in [0, 0.1) is 0 Å². The van der Waals surface area contributed by atoms with Crippen LogP contribution < -0.4 is 5.32 Å². The van der Waals surface area contributed by atoms with E-state index in [0.29, 0.717) is 6.54 Å². The normalized spacial score (nSPS) is 13.5. The number of anilines is 1. The molecule has 0 aliphatic heterocycles. The first-order chi connectivity index (χ1) is 13.3. The van der Waals surface area contributed by atoms with E-state index >= 15 is 0 Å². The van der Waals surface area contributed by atoms with E-state index in [0.717, 1.165) is 45.9 Å². The molecule has 0 radical (unpaired) electrons. The Balaban J connectivity index is 1.62.